The van der Waals surface area contributed by atoms with Crippen molar-refractivity contribution in [2.75, 3.05) is 13.1 Å². The molecule has 41 heavy (non-hydrogen) atoms. The zero-order chi connectivity index (χ0) is 29.5. The van der Waals surface area contributed by atoms with Crippen LogP contribution in [0.2, 0.25) is 0 Å². The highest BCUT2D eigenvalue weighted by Crippen LogP contribution is 2.24. The van der Waals surface area contributed by atoms with E-state index in [2.05, 4.69) is 43.0 Å². The van der Waals surface area contributed by atoms with Gasteiger partial charge in [0.05, 0.1) is 0 Å². The second-order valence-electron chi connectivity index (χ2n) is 13.6. The van der Waals surface area contributed by atoms with Gasteiger partial charge < -0.3 is 9.80 Å². The summed E-state index contributed by atoms with van der Waals surface area (Å²) in [7, 11) is 0. The van der Waals surface area contributed by atoms with E-state index in [0.29, 0.717) is 6.17 Å². The van der Waals surface area contributed by atoms with Crippen LogP contribution in [0.25, 0.3) is 0 Å². The topological polar surface area (TPSA) is 6.48 Å². The van der Waals surface area contributed by atoms with Crippen molar-refractivity contribution >= 4 is 0 Å². The first-order valence-corrected chi connectivity index (χ1v) is 19.5. The molecule has 1 unspecified atom stereocenters. The van der Waals surface area contributed by atoms with Gasteiger partial charge in [-0.1, -0.05) is 194 Å². The average Bonchev–Trinajstić information content (AvgIpc) is 3.37. The molecule has 0 fully saturated rings. The maximum Gasteiger partial charge on any atom is 0.101 e. The summed E-state index contributed by atoms with van der Waals surface area (Å²) in [5.74, 6) is 0. The van der Waals surface area contributed by atoms with Gasteiger partial charge in [0.25, 0.3) is 0 Å². The number of hydrogen-bond donors (Lipinski definition) is 0. The Morgan fingerprint density at radius 1 is 0.317 bits per heavy atom. The molecule has 0 aromatic rings. The fraction of sp³-hybridized carbons (Fsp3) is 0.949. The van der Waals surface area contributed by atoms with E-state index in [1.54, 1.807) is 0 Å². The molecular weight excluding hydrogens is 496 g/mol. The van der Waals surface area contributed by atoms with E-state index in [1.807, 2.05) is 0 Å². The molecule has 0 spiro atoms. The highest BCUT2D eigenvalue weighted by molar-refractivity contribution is 4.97. The third-order valence-corrected chi connectivity index (χ3v) is 9.57. The molecule has 0 saturated heterocycles. The first-order valence-electron chi connectivity index (χ1n) is 19.5. The molecule has 0 saturated carbocycles. The van der Waals surface area contributed by atoms with E-state index in [9.17, 15) is 0 Å². The molecule has 2 nitrogen and oxygen atoms in total. The molecule has 1 aliphatic heterocycles. The second kappa shape index (κ2) is 30.8. The van der Waals surface area contributed by atoms with Crippen molar-refractivity contribution in [2.24, 2.45) is 0 Å². The first-order chi connectivity index (χ1) is 20.3. The van der Waals surface area contributed by atoms with E-state index in [0.717, 1.165) is 0 Å². The first kappa shape index (κ1) is 38.4. The summed E-state index contributed by atoms with van der Waals surface area (Å²) < 4.78 is 0. The summed E-state index contributed by atoms with van der Waals surface area (Å²) in [6, 6.07) is 0. The Balaban J connectivity index is 2.23. The Bertz CT molecular complexity index is 530. The van der Waals surface area contributed by atoms with E-state index < -0.39 is 0 Å². The second-order valence-corrected chi connectivity index (χ2v) is 13.6. The largest absolute Gasteiger partial charge is 0.356 e. The van der Waals surface area contributed by atoms with Crippen LogP contribution in [0.1, 0.15) is 220 Å². The number of rotatable bonds is 33. The Kier molecular flexibility index (Phi) is 28.8. The zero-order valence-electron chi connectivity index (χ0n) is 29.0. The lowest BCUT2D eigenvalue weighted by Gasteiger charge is -2.33. The number of nitrogens with zero attached hydrogens (tertiary/aromatic N) is 2. The third-order valence-electron chi connectivity index (χ3n) is 9.57. The summed E-state index contributed by atoms with van der Waals surface area (Å²) in [4.78, 5) is 5.43. The number of unbranched alkanes of at least 4 members (excludes halogenated alkanes) is 27. The Morgan fingerprint density at radius 3 is 0.854 bits per heavy atom. The highest BCUT2D eigenvalue weighted by atomic mass is 15.4. The van der Waals surface area contributed by atoms with Gasteiger partial charge in [-0.25, -0.2) is 0 Å². The van der Waals surface area contributed by atoms with Crippen LogP contribution in [0, 0.1) is 0 Å². The van der Waals surface area contributed by atoms with E-state index >= 15 is 0 Å². The van der Waals surface area contributed by atoms with Crippen molar-refractivity contribution in [2.45, 2.75) is 226 Å². The van der Waals surface area contributed by atoms with Gasteiger partial charge in [-0.2, -0.15) is 0 Å². The lowest BCUT2D eigenvalue weighted by atomic mass is 10.0. The lowest BCUT2D eigenvalue weighted by molar-refractivity contribution is 0.135. The van der Waals surface area contributed by atoms with Gasteiger partial charge in [-0.3, -0.25) is 0 Å². The molecule has 0 aromatic heterocycles. The standard InChI is InChI=1S/C39H78N2/c1-4-7-10-13-16-19-21-22-23-25-28-31-34-39-40(35-32-29-26-18-15-12-9-6-3)37-38-41(39)36-33-30-27-24-20-17-14-11-8-5-2/h37-39H,4-36H2,1-3H3. The maximum atomic E-state index is 2.72. The zero-order valence-corrected chi connectivity index (χ0v) is 29.0. The van der Waals surface area contributed by atoms with Crippen molar-refractivity contribution in [1.82, 2.24) is 9.80 Å². The molecule has 1 aliphatic rings. The van der Waals surface area contributed by atoms with Crippen molar-refractivity contribution in [1.29, 1.82) is 0 Å². The molecule has 0 aromatic carbocycles. The SMILES string of the molecule is CCCCCCCCCCCCCCC1N(CCCCCCCCCC)C=CN1CCCCCCCCCCCC. The van der Waals surface area contributed by atoms with Crippen LogP contribution in [0.3, 0.4) is 0 Å². The van der Waals surface area contributed by atoms with Gasteiger partial charge in [-0.15, -0.1) is 0 Å². The maximum absolute atomic E-state index is 2.72. The lowest BCUT2D eigenvalue weighted by Crippen LogP contribution is -2.39. The van der Waals surface area contributed by atoms with Gasteiger partial charge in [0, 0.05) is 25.5 Å². The molecule has 244 valence electrons. The van der Waals surface area contributed by atoms with E-state index in [4.69, 9.17) is 0 Å². The van der Waals surface area contributed by atoms with Crippen LogP contribution in [-0.2, 0) is 0 Å². The monoisotopic (exact) mass is 575 g/mol. The molecule has 0 radical (unpaired) electrons. The predicted molar refractivity (Wildman–Crippen MR) is 186 cm³/mol. The molecule has 0 bridgehead atoms. The van der Waals surface area contributed by atoms with Crippen LogP contribution in [-0.4, -0.2) is 29.1 Å². The normalized spacial score (nSPS) is 15.0. The van der Waals surface area contributed by atoms with Crippen LogP contribution < -0.4 is 0 Å². The average molecular weight is 575 g/mol. The van der Waals surface area contributed by atoms with Gasteiger partial charge in [0.2, 0.25) is 0 Å². The summed E-state index contributed by atoms with van der Waals surface area (Å²) in [5.41, 5.74) is 0. The van der Waals surface area contributed by atoms with E-state index in [-0.39, 0.29) is 0 Å². The Hall–Kier alpha value is -0.660. The fourth-order valence-electron chi connectivity index (χ4n) is 6.72. The van der Waals surface area contributed by atoms with Crippen LogP contribution in [0.5, 0.6) is 0 Å². The van der Waals surface area contributed by atoms with Crippen molar-refractivity contribution in [3.63, 3.8) is 0 Å². The molecule has 2 heteroatoms. The summed E-state index contributed by atoms with van der Waals surface area (Å²) in [6.07, 6.45) is 49.9. The molecule has 0 amide bonds. The minimum atomic E-state index is 0.640. The Labute approximate surface area is 260 Å². The smallest absolute Gasteiger partial charge is 0.101 e. The quantitative estimate of drug-likeness (QED) is 0.0719. The van der Waals surface area contributed by atoms with Gasteiger partial charge in [0.1, 0.15) is 6.17 Å². The predicted octanol–water partition coefficient (Wildman–Crippen LogP) is 13.6. The van der Waals surface area contributed by atoms with Crippen LogP contribution in [0.4, 0.5) is 0 Å². The van der Waals surface area contributed by atoms with Crippen LogP contribution >= 0.6 is 0 Å². The highest BCUT2D eigenvalue weighted by Gasteiger charge is 2.24. The van der Waals surface area contributed by atoms with Gasteiger partial charge >= 0.3 is 0 Å². The molecule has 0 aliphatic carbocycles. The van der Waals surface area contributed by atoms with Gasteiger partial charge in [0.15, 0.2) is 0 Å². The number of hydrogen-bond acceptors (Lipinski definition) is 2. The van der Waals surface area contributed by atoms with E-state index in [1.165, 1.54) is 212 Å². The van der Waals surface area contributed by atoms with Crippen molar-refractivity contribution in [3.8, 4) is 0 Å². The summed E-state index contributed by atoms with van der Waals surface area (Å²) in [6.45, 7) is 9.48. The third kappa shape index (κ3) is 23.5. The minimum absolute atomic E-state index is 0.640. The minimum Gasteiger partial charge on any atom is -0.356 e. The fourth-order valence-corrected chi connectivity index (χ4v) is 6.72. The van der Waals surface area contributed by atoms with Crippen molar-refractivity contribution in [3.05, 3.63) is 12.4 Å². The van der Waals surface area contributed by atoms with Crippen molar-refractivity contribution < 1.29 is 0 Å². The summed E-state index contributed by atoms with van der Waals surface area (Å²) in [5, 5.41) is 0. The molecule has 0 N–H and O–H groups in total. The molecular formula is C39H78N2. The van der Waals surface area contributed by atoms with Crippen LogP contribution in [0.15, 0.2) is 12.4 Å². The van der Waals surface area contributed by atoms with Gasteiger partial charge in [-0.05, 0) is 25.7 Å². The molecule has 1 heterocycles. The summed E-state index contributed by atoms with van der Waals surface area (Å²) >= 11 is 0. The Morgan fingerprint density at radius 2 is 0.561 bits per heavy atom. The molecule has 1 rings (SSSR count). The molecule has 1 atom stereocenters.